The molecule has 0 atom stereocenters. The number of nitrogens with zero attached hydrogens (tertiary/aromatic N) is 2. The van der Waals surface area contributed by atoms with Crippen LogP contribution in [0.4, 0.5) is 17.1 Å². The molecule has 1 amide bonds. The molecule has 2 aromatic carbocycles. The Bertz CT molecular complexity index is 1010. The summed E-state index contributed by atoms with van der Waals surface area (Å²) in [5, 5.41) is 15.7. The number of hydrogen-bond donors (Lipinski definition) is 2. The van der Waals surface area contributed by atoms with Gasteiger partial charge in [-0.1, -0.05) is 41.4 Å². The second-order valence-electron chi connectivity index (χ2n) is 5.30. The van der Waals surface area contributed by atoms with Gasteiger partial charge < -0.3 is 10.6 Å². The van der Waals surface area contributed by atoms with Gasteiger partial charge >= 0.3 is 0 Å². The van der Waals surface area contributed by atoms with Gasteiger partial charge in [0, 0.05) is 6.20 Å². The summed E-state index contributed by atoms with van der Waals surface area (Å²) in [6.45, 7) is 0. The lowest BCUT2D eigenvalue weighted by atomic mass is 10.2. The molecule has 2 N–H and O–H groups in total. The lowest BCUT2D eigenvalue weighted by molar-refractivity contribution is 0.102. The minimum Gasteiger partial charge on any atom is -0.353 e. The van der Waals surface area contributed by atoms with Crippen LogP contribution in [0.2, 0.25) is 10.0 Å². The summed E-state index contributed by atoms with van der Waals surface area (Å²) in [5.74, 6) is -0.374. The molecule has 0 aliphatic rings. The van der Waals surface area contributed by atoms with Crippen LogP contribution in [0, 0.1) is 11.3 Å². The van der Waals surface area contributed by atoms with Crippen molar-refractivity contribution >= 4 is 46.2 Å². The smallest absolute Gasteiger partial charge is 0.257 e. The van der Waals surface area contributed by atoms with Crippen LogP contribution in [-0.4, -0.2) is 10.9 Å². The first-order valence-electron chi connectivity index (χ1n) is 7.55. The Labute approximate surface area is 160 Å². The summed E-state index contributed by atoms with van der Waals surface area (Å²) in [5.41, 5.74) is 2.34. The molecule has 0 saturated heterocycles. The molecule has 0 aliphatic carbocycles. The average molecular weight is 383 g/mol. The van der Waals surface area contributed by atoms with E-state index in [-0.39, 0.29) is 5.91 Å². The number of aromatic nitrogens is 1. The molecule has 0 spiro atoms. The van der Waals surface area contributed by atoms with Gasteiger partial charge in [0.05, 0.1) is 44.4 Å². The minimum atomic E-state index is -0.374. The second kappa shape index (κ2) is 7.87. The van der Waals surface area contributed by atoms with Gasteiger partial charge in [-0.15, -0.1) is 0 Å². The van der Waals surface area contributed by atoms with Crippen LogP contribution < -0.4 is 10.6 Å². The van der Waals surface area contributed by atoms with Crippen LogP contribution in [-0.2, 0) is 0 Å². The van der Waals surface area contributed by atoms with Crippen molar-refractivity contribution in [3.63, 3.8) is 0 Å². The number of halogens is 2. The fourth-order valence-electron chi connectivity index (χ4n) is 2.27. The molecule has 128 valence electrons. The number of rotatable bonds is 4. The summed E-state index contributed by atoms with van der Waals surface area (Å²) >= 11 is 12.2. The zero-order valence-corrected chi connectivity index (χ0v) is 14.8. The van der Waals surface area contributed by atoms with E-state index in [1.54, 1.807) is 54.7 Å². The number of nitriles is 1. The first-order valence-corrected chi connectivity index (χ1v) is 8.30. The molecule has 3 rings (SSSR count). The number of pyridine rings is 1. The number of nitrogens with one attached hydrogen (secondary N) is 2. The van der Waals surface area contributed by atoms with E-state index in [0.29, 0.717) is 38.2 Å². The lowest BCUT2D eigenvalue weighted by Gasteiger charge is -2.11. The normalized spacial score (nSPS) is 10.0. The molecule has 7 heteroatoms. The third-order valence-corrected chi connectivity index (χ3v) is 4.35. The molecule has 0 aliphatic heterocycles. The van der Waals surface area contributed by atoms with Crippen molar-refractivity contribution in [1.29, 1.82) is 5.26 Å². The molecule has 1 heterocycles. The van der Waals surface area contributed by atoms with E-state index >= 15 is 0 Å². The Morgan fingerprint density at radius 3 is 2.62 bits per heavy atom. The van der Waals surface area contributed by atoms with Crippen LogP contribution in [0.5, 0.6) is 0 Å². The van der Waals surface area contributed by atoms with E-state index in [9.17, 15) is 4.79 Å². The van der Waals surface area contributed by atoms with Crippen LogP contribution >= 0.6 is 23.2 Å². The van der Waals surface area contributed by atoms with E-state index in [1.165, 1.54) is 6.20 Å². The summed E-state index contributed by atoms with van der Waals surface area (Å²) in [6, 6.07) is 15.7. The van der Waals surface area contributed by atoms with Gasteiger partial charge in [0.25, 0.3) is 5.91 Å². The molecular formula is C19H12Cl2N4O. The summed E-state index contributed by atoms with van der Waals surface area (Å²) < 4.78 is 0. The van der Waals surface area contributed by atoms with Crippen molar-refractivity contribution < 1.29 is 4.79 Å². The second-order valence-corrected chi connectivity index (χ2v) is 6.09. The Morgan fingerprint density at radius 2 is 1.81 bits per heavy atom. The highest BCUT2D eigenvalue weighted by atomic mass is 35.5. The molecule has 0 radical (unpaired) electrons. The van der Waals surface area contributed by atoms with Gasteiger partial charge in [-0.3, -0.25) is 9.78 Å². The topological polar surface area (TPSA) is 77.8 Å². The number of carbonyl (C=O) groups excluding carboxylic acids is 1. The fourth-order valence-corrected chi connectivity index (χ4v) is 2.62. The monoisotopic (exact) mass is 382 g/mol. The number of para-hydroxylation sites is 1. The highest BCUT2D eigenvalue weighted by molar-refractivity contribution is 6.43. The molecule has 0 fully saturated rings. The zero-order valence-electron chi connectivity index (χ0n) is 13.3. The standard InChI is InChI=1S/C19H12Cl2N4O/c20-15-5-3-7-17(18(15)21)24-14-8-13(10-23-11-14)19(26)25-16-6-2-1-4-12(16)9-22/h1-8,10-11,24H,(H,25,26). The number of hydrogen-bond acceptors (Lipinski definition) is 4. The molecule has 1 aromatic heterocycles. The molecule has 3 aromatic rings. The van der Waals surface area contributed by atoms with Crippen molar-refractivity contribution in [2.45, 2.75) is 0 Å². The van der Waals surface area contributed by atoms with Crippen molar-refractivity contribution in [2.24, 2.45) is 0 Å². The van der Waals surface area contributed by atoms with Crippen LogP contribution in [0.3, 0.4) is 0 Å². The Hall–Kier alpha value is -3.07. The molecule has 0 unspecified atom stereocenters. The van der Waals surface area contributed by atoms with Gasteiger partial charge in [-0.25, -0.2) is 0 Å². The van der Waals surface area contributed by atoms with E-state index in [2.05, 4.69) is 15.6 Å². The zero-order chi connectivity index (χ0) is 18.5. The van der Waals surface area contributed by atoms with Crippen molar-refractivity contribution in [1.82, 2.24) is 4.98 Å². The quantitative estimate of drug-likeness (QED) is 0.645. The van der Waals surface area contributed by atoms with E-state index in [1.807, 2.05) is 6.07 Å². The van der Waals surface area contributed by atoms with Crippen LogP contribution in [0.25, 0.3) is 0 Å². The van der Waals surface area contributed by atoms with Crippen molar-refractivity contribution in [3.05, 3.63) is 82.1 Å². The third kappa shape index (κ3) is 3.94. The minimum absolute atomic E-state index is 0.334. The Kier molecular flexibility index (Phi) is 5.37. The third-order valence-electron chi connectivity index (χ3n) is 3.53. The molecule has 26 heavy (non-hydrogen) atoms. The van der Waals surface area contributed by atoms with Gasteiger partial charge in [0.15, 0.2) is 0 Å². The van der Waals surface area contributed by atoms with E-state index in [4.69, 9.17) is 28.5 Å². The number of benzene rings is 2. The van der Waals surface area contributed by atoms with Gasteiger partial charge in [-0.05, 0) is 30.3 Å². The maximum atomic E-state index is 12.5. The maximum Gasteiger partial charge on any atom is 0.257 e. The summed E-state index contributed by atoms with van der Waals surface area (Å²) in [6.07, 6.45) is 3.01. The summed E-state index contributed by atoms with van der Waals surface area (Å²) in [4.78, 5) is 16.5. The lowest BCUT2D eigenvalue weighted by Crippen LogP contribution is -2.13. The fraction of sp³-hybridized carbons (Fsp3) is 0. The Morgan fingerprint density at radius 1 is 1.04 bits per heavy atom. The molecule has 0 saturated carbocycles. The molecule has 5 nitrogen and oxygen atoms in total. The van der Waals surface area contributed by atoms with Gasteiger partial charge in [0.2, 0.25) is 0 Å². The highest BCUT2D eigenvalue weighted by Crippen LogP contribution is 2.31. The summed E-state index contributed by atoms with van der Waals surface area (Å²) in [7, 11) is 0. The average Bonchev–Trinajstić information content (AvgIpc) is 2.66. The van der Waals surface area contributed by atoms with Crippen LogP contribution in [0.15, 0.2) is 60.9 Å². The number of amides is 1. The number of carbonyl (C=O) groups is 1. The first kappa shape index (κ1) is 17.7. The van der Waals surface area contributed by atoms with Crippen molar-refractivity contribution in [3.8, 4) is 6.07 Å². The number of anilines is 3. The van der Waals surface area contributed by atoms with E-state index in [0.717, 1.165) is 0 Å². The van der Waals surface area contributed by atoms with Gasteiger partial charge in [0.1, 0.15) is 6.07 Å². The van der Waals surface area contributed by atoms with Gasteiger partial charge in [-0.2, -0.15) is 5.26 Å². The predicted octanol–water partition coefficient (Wildman–Crippen LogP) is 5.26. The maximum absolute atomic E-state index is 12.5. The SMILES string of the molecule is N#Cc1ccccc1NC(=O)c1cncc(Nc2cccc(Cl)c2Cl)c1. The molecule has 0 bridgehead atoms. The largest absolute Gasteiger partial charge is 0.353 e. The van der Waals surface area contributed by atoms with E-state index < -0.39 is 0 Å². The van der Waals surface area contributed by atoms with Crippen molar-refractivity contribution in [2.75, 3.05) is 10.6 Å². The first-order chi connectivity index (χ1) is 12.6. The molecular weight excluding hydrogens is 371 g/mol. The Balaban J connectivity index is 1.82. The predicted molar refractivity (Wildman–Crippen MR) is 103 cm³/mol. The highest BCUT2D eigenvalue weighted by Gasteiger charge is 2.11. The van der Waals surface area contributed by atoms with Crippen LogP contribution in [0.1, 0.15) is 15.9 Å².